The molecule has 2 nitrogen and oxygen atoms in total. The molecule has 122 valence electrons. The van der Waals surface area contributed by atoms with Crippen LogP contribution in [-0.4, -0.2) is 7.11 Å². The summed E-state index contributed by atoms with van der Waals surface area (Å²) in [4.78, 5) is 0. The Kier molecular flexibility index (Phi) is 4.85. The number of anilines is 1. The molecule has 0 aliphatic rings. The van der Waals surface area contributed by atoms with Crippen LogP contribution in [0, 0.1) is 13.8 Å². The second-order valence-corrected chi connectivity index (χ2v) is 6.06. The smallest absolute Gasteiger partial charge is 0.141 e. The highest BCUT2D eigenvalue weighted by atomic mass is 16.5. The van der Waals surface area contributed by atoms with Gasteiger partial charge in [-0.25, -0.2) is 0 Å². The molecular weight excluding hydrogens is 294 g/mol. The fourth-order valence-electron chi connectivity index (χ4n) is 2.89. The van der Waals surface area contributed by atoms with Crippen molar-refractivity contribution in [2.45, 2.75) is 20.4 Å². The van der Waals surface area contributed by atoms with Gasteiger partial charge in [0.05, 0.1) is 12.8 Å². The van der Waals surface area contributed by atoms with Crippen LogP contribution in [-0.2, 0) is 6.54 Å². The second kappa shape index (κ2) is 7.22. The van der Waals surface area contributed by atoms with Crippen molar-refractivity contribution in [2.24, 2.45) is 0 Å². The van der Waals surface area contributed by atoms with Gasteiger partial charge in [0.15, 0.2) is 0 Å². The zero-order valence-corrected chi connectivity index (χ0v) is 14.5. The van der Waals surface area contributed by atoms with Gasteiger partial charge >= 0.3 is 0 Å². The molecule has 3 aromatic carbocycles. The molecule has 3 rings (SSSR count). The first kappa shape index (κ1) is 16.1. The molecule has 0 saturated heterocycles. The first-order valence-corrected chi connectivity index (χ1v) is 8.21. The van der Waals surface area contributed by atoms with E-state index in [-0.39, 0.29) is 0 Å². The molecule has 0 fully saturated rings. The van der Waals surface area contributed by atoms with Crippen molar-refractivity contribution < 1.29 is 4.74 Å². The molecule has 0 radical (unpaired) electrons. The van der Waals surface area contributed by atoms with Crippen molar-refractivity contribution in [3.8, 4) is 16.9 Å². The number of hydrogen-bond acceptors (Lipinski definition) is 2. The number of nitrogens with one attached hydrogen (secondary N) is 1. The third-order valence-corrected chi connectivity index (χ3v) is 4.27. The fourth-order valence-corrected chi connectivity index (χ4v) is 2.89. The summed E-state index contributed by atoms with van der Waals surface area (Å²) in [6, 6.07) is 23.2. The Morgan fingerprint density at radius 1 is 0.833 bits per heavy atom. The van der Waals surface area contributed by atoms with Gasteiger partial charge in [-0.15, -0.1) is 0 Å². The zero-order valence-electron chi connectivity index (χ0n) is 14.5. The second-order valence-electron chi connectivity index (χ2n) is 6.06. The van der Waals surface area contributed by atoms with Gasteiger partial charge in [0, 0.05) is 6.54 Å². The number of benzene rings is 3. The summed E-state index contributed by atoms with van der Waals surface area (Å²) in [5.74, 6) is 0.861. The Balaban J connectivity index is 1.86. The summed E-state index contributed by atoms with van der Waals surface area (Å²) < 4.78 is 5.51. The largest absolute Gasteiger partial charge is 0.495 e. The Hall–Kier alpha value is -2.74. The minimum atomic E-state index is 0.778. The van der Waals surface area contributed by atoms with Gasteiger partial charge in [0.25, 0.3) is 0 Å². The predicted molar refractivity (Wildman–Crippen MR) is 102 cm³/mol. The predicted octanol–water partition coefficient (Wildman–Crippen LogP) is 5.59. The molecule has 2 heteroatoms. The molecular formula is C22H23NO. The highest BCUT2D eigenvalue weighted by Gasteiger charge is 2.07. The van der Waals surface area contributed by atoms with Crippen LogP contribution in [0.15, 0.2) is 66.7 Å². The molecule has 0 heterocycles. The van der Waals surface area contributed by atoms with Crippen LogP contribution in [0.25, 0.3) is 11.1 Å². The van der Waals surface area contributed by atoms with E-state index in [9.17, 15) is 0 Å². The topological polar surface area (TPSA) is 21.3 Å². The Morgan fingerprint density at radius 2 is 1.62 bits per heavy atom. The highest BCUT2D eigenvalue weighted by molar-refractivity contribution is 5.72. The van der Waals surface area contributed by atoms with E-state index >= 15 is 0 Å². The van der Waals surface area contributed by atoms with Crippen molar-refractivity contribution in [3.63, 3.8) is 0 Å². The van der Waals surface area contributed by atoms with Crippen LogP contribution in [0.4, 0.5) is 5.69 Å². The van der Waals surface area contributed by atoms with Gasteiger partial charge in [-0.05, 0) is 48.2 Å². The third-order valence-electron chi connectivity index (χ3n) is 4.27. The molecule has 3 aromatic rings. The maximum absolute atomic E-state index is 5.51. The molecule has 0 unspecified atom stereocenters. The molecule has 24 heavy (non-hydrogen) atoms. The van der Waals surface area contributed by atoms with Crippen LogP contribution in [0.5, 0.6) is 5.75 Å². The fraction of sp³-hybridized carbons (Fsp3) is 0.182. The van der Waals surface area contributed by atoms with E-state index in [4.69, 9.17) is 4.74 Å². The lowest BCUT2D eigenvalue weighted by Gasteiger charge is -2.14. The molecule has 0 aliphatic carbocycles. The Labute approximate surface area is 144 Å². The van der Waals surface area contributed by atoms with Crippen molar-refractivity contribution in [3.05, 3.63) is 83.4 Å². The highest BCUT2D eigenvalue weighted by Crippen LogP contribution is 2.31. The maximum atomic E-state index is 5.51. The molecule has 0 bridgehead atoms. The number of hydrogen-bond donors (Lipinski definition) is 1. The molecule has 0 aromatic heterocycles. The normalized spacial score (nSPS) is 10.5. The van der Waals surface area contributed by atoms with Crippen molar-refractivity contribution in [1.29, 1.82) is 0 Å². The average molecular weight is 317 g/mol. The van der Waals surface area contributed by atoms with Crippen LogP contribution in [0.2, 0.25) is 0 Å². The van der Waals surface area contributed by atoms with E-state index in [0.717, 1.165) is 18.0 Å². The molecule has 0 aliphatic heterocycles. The van der Waals surface area contributed by atoms with E-state index in [0.29, 0.717) is 0 Å². The van der Waals surface area contributed by atoms with Gasteiger partial charge in [-0.1, -0.05) is 60.2 Å². The van der Waals surface area contributed by atoms with Crippen molar-refractivity contribution >= 4 is 5.69 Å². The lowest BCUT2D eigenvalue weighted by molar-refractivity contribution is 0.416. The van der Waals surface area contributed by atoms with Crippen molar-refractivity contribution in [1.82, 2.24) is 0 Å². The number of rotatable bonds is 5. The van der Waals surface area contributed by atoms with E-state index in [2.05, 4.69) is 73.8 Å². The summed E-state index contributed by atoms with van der Waals surface area (Å²) in [6.07, 6.45) is 0. The maximum Gasteiger partial charge on any atom is 0.141 e. The van der Waals surface area contributed by atoms with Crippen LogP contribution in [0.1, 0.15) is 16.7 Å². The van der Waals surface area contributed by atoms with E-state index in [1.807, 2.05) is 12.1 Å². The van der Waals surface area contributed by atoms with E-state index in [1.165, 1.54) is 27.8 Å². The Morgan fingerprint density at radius 3 is 2.33 bits per heavy atom. The summed E-state index contributed by atoms with van der Waals surface area (Å²) in [5, 5.41) is 3.53. The first-order chi connectivity index (χ1) is 11.7. The lowest BCUT2D eigenvalue weighted by atomic mass is 10.0. The van der Waals surface area contributed by atoms with Crippen LogP contribution in [0.3, 0.4) is 0 Å². The van der Waals surface area contributed by atoms with Gasteiger partial charge in [0.2, 0.25) is 0 Å². The minimum absolute atomic E-state index is 0.778. The first-order valence-electron chi connectivity index (χ1n) is 8.21. The number of ether oxygens (including phenoxy) is 1. The van der Waals surface area contributed by atoms with Gasteiger partial charge in [-0.2, -0.15) is 0 Å². The van der Waals surface area contributed by atoms with Crippen molar-refractivity contribution in [2.75, 3.05) is 12.4 Å². The lowest BCUT2D eigenvalue weighted by Crippen LogP contribution is -2.03. The summed E-state index contributed by atoms with van der Waals surface area (Å²) in [6.45, 7) is 5.05. The average Bonchev–Trinajstić information content (AvgIpc) is 2.61. The Bertz CT molecular complexity index is 825. The molecule has 0 amide bonds. The molecule has 0 saturated carbocycles. The SMILES string of the molecule is COc1ccc(-c2ccccc2)cc1NCc1ccc(C)cc1C. The summed E-state index contributed by atoms with van der Waals surface area (Å²) >= 11 is 0. The summed E-state index contributed by atoms with van der Waals surface area (Å²) in [5.41, 5.74) is 7.29. The standard InChI is InChI=1S/C22H23NO/c1-16-9-10-20(17(2)13-16)15-23-21-14-19(11-12-22(21)24-3)18-7-5-4-6-8-18/h4-14,23H,15H2,1-3H3. The number of methoxy groups -OCH3 is 1. The zero-order chi connectivity index (χ0) is 16.9. The number of aryl methyl sites for hydroxylation is 2. The van der Waals surface area contributed by atoms with Gasteiger partial charge in [0.1, 0.15) is 5.75 Å². The molecule has 1 N–H and O–H groups in total. The molecule has 0 atom stereocenters. The third kappa shape index (κ3) is 3.60. The minimum Gasteiger partial charge on any atom is -0.495 e. The van der Waals surface area contributed by atoms with E-state index < -0.39 is 0 Å². The van der Waals surface area contributed by atoms with Crippen LogP contribution < -0.4 is 10.1 Å². The quantitative estimate of drug-likeness (QED) is 0.662. The summed E-state index contributed by atoms with van der Waals surface area (Å²) in [7, 11) is 1.71. The van der Waals surface area contributed by atoms with Crippen LogP contribution >= 0.6 is 0 Å². The van der Waals surface area contributed by atoms with Gasteiger partial charge in [-0.3, -0.25) is 0 Å². The van der Waals surface area contributed by atoms with Gasteiger partial charge < -0.3 is 10.1 Å². The molecule has 0 spiro atoms. The van der Waals surface area contributed by atoms with E-state index in [1.54, 1.807) is 7.11 Å². The monoisotopic (exact) mass is 317 g/mol.